The summed E-state index contributed by atoms with van der Waals surface area (Å²) in [6.45, 7) is 0. The molecule has 0 aliphatic carbocycles. The van der Waals surface area contributed by atoms with E-state index in [2.05, 4.69) is 4.98 Å². The van der Waals surface area contributed by atoms with Crippen LogP contribution in [0, 0.1) is 0 Å². The van der Waals surface area contributed by atoms with Crippen molar-refractivity contribution >= 4 is 0 Å². The van der Waals surface area contributed by atoms with Crippen LogP contribution in [0.2, 0.25) is 0 Å². The summed E-state index contributed by atoms with van der Waals surface area (Å²) in [6, 6.07) is 5.86. The maximum atomic E-state index is 4.21. The second-order valence-corrected chi connectivity index (χ2v) is 2.67. The molecule has 2 heterocycles. The Labute approximate surface area is 83.1 Å². The minimum Gasteiger partial charge on any atom is -1.00 e. The van der Waals surface area contributed by atoms with E-state index in [1.165, 1.54) is 0 Å². The lowest BCUT2D eigenvalue weighted by molar-refractivity contribution is -0.670. The zero-order valence-electron chi connectivity index (χ0n) is 7.26. The molecule has 13 heavy (non-hydrogen) atoms. The zero-order chi connectivity index (χ0) is 8.39. The molecule has 0 bridgehead atoms. The highest BCUT2D eigenvalue weighted by Gasteiger charge is 2.02. The normalized spacial score (nSPS) is 9.31. The third kappa shape index (κ3) is 2.06. The highest BCUT2D eigenvalue weighted by molar-refractivity contribution is 5.19. The van der Waals surface area contributed by atoms with Crippen LogP contribution in [0.1, 0.15) is 0 Å². The average molecular weight is 196 g/mol. The van der Waals surface area contributed by atoms with Gasteiger partial charge in [0.2, 0.25) is 12.1 Å². The Bertz CT molecular complexity index is 369. The van der Waals surface area contributed by atoms with Crippen molar-refractivity contribution in [3.63, 3.8) is 0 Å². The molecule has 0 radical (unpaired) electrons. The number of halogens is 1. The van der Waals surface area contributed by atoms with Gasteiger partial charge in [-0.3, -0.25) is 0 Å². The van der Waals surface area contributed by atoms with Crippen molar-refractivity contribution in [2.45, 2.75) is 0 Å². The topological polar surface area (TPSA) is 21.7 Å². The quantitative estimate of drug-likeness (QED) is 0.470. The van der Waals surface area contributed by atoms with Crippen molar-refractivity contribution in [1.29, 1.82) is 0 Å². The molecule has 2 aromatic rings. The Morgan fingerprint density at radius 2 is 2.23 bits per heavy atom. The Morgan fingerprint density at radius 3 is 2.77 bits per heavy atom. The van der Waals surface area contributed by atoms with Crippen LogP contribution in [0.15, 0.2) is 43.1 Å². The predicted octanol–water partition coefficient (Wildman–Crippen LogP) is -2.30. The minimum atomic E-state index is 0. The molecule has 2 aromatic heterocycles. The van der Waals surface area contributed by atoms with Crippen LogP contribution in [-0.2, 0) is 7.05 Å². The Balaban J connectivity index is 0.000000845. The lowest BCUT2D eigenvalue weighted by atomic mass is 10.5. The molecule has 0 aliphatic heterocycles. The fraction of sp³-hybridized carbons (Fsp3) is 0.111. The first-order valence-corrected chi connectivity index (χ1v) is 3.81. The Kier molecular flexibility index (Phi) is 3.03. The first kappa shape index (κ1) is 9.74. The number of hydrogen-bond acceptors (Lipinski definition) is 1. The largest absolute Gasteiger partial charge is 1.00 e. The van der Waals surface area contributed by atoms with Gasteiger partial charge in [0.25, 0.3) is 0 Å². The summed E-state index contributed by atoms with van der Waals surface area (Å²) in [4.78, 5) is 4.21. The summed E-state index contributed by atoms with van der Waals surface area (Å²) in [5.41, 5.74) is 0. The molecule has 68 valence electrons. The summed E-state index contributed by atoms with van der Waals surface area (Å²) < 4.78 is 3.95. The average Bonchev–Trinajstić information content (AvgIpc) is 2.54. The van der Waals surface area contributed by atoms with Gasteiger partial charge in [-0.1, -0.05) is 6.07 Å². The molecule has 0 fully saturated rings. The number of hydrogen-bond donors (Lipinski definition) is 0. The van der Waals surface area contributed by atoms with Crippen molar-refractivity contribution in [3.8, 4) is 5.82 Å². The molecule has 0 aliphatic rings. The zero-order valence-corrected chi connectivity index (χ0v) is 8.02. The fourth-order valence-electron chi connectivity index (χ4n) is 1.09. The molecule has 0 N–H and O–H groups in total. The molecule has 2 rings (SSSR count). The molecule has 4 heteroatoms. The van der Waals surface area contributed by atoms with Crippen LogP contribution in [0.3, 0.4) is 0 Å². The first-order valence-electron chi connectivity index (χ1n) is 3.81. The van der Waals surface area contributed by atoms with E-state index in [-0.39, 0.29) is 12.4 Å². The number of imidazole rings is 1. The maximum absolute atomic E-state index is 4.21. The SMILES string of the molecule is C[n+]1ccn(-c2ccccn2)c1.[Cl-]. The molecule has 0 unspecified atom stereocenters. The molecule has 3 nitrogen and oxygen atoms in total. The summed E-state index contributed by atoms with van der Waals surface area (Å²) in [5, 5.41) is 0. The van der Waals surface area contributed by atoms with Gasteiger partial charge < -0.3 is 12.4 Å². The van der Waals surface area contributed by atoms with E-state index in [1.54, 1.807) is 6.20 Å². The van der Waals surface area contributed by atoms with Crippen LogP contribution in [0.5, 0.6) is 0 Å². The van der Waals surface area contributed by atoms with Gasteiger partial charge in [-0.2, -0.15) is 4.57 Å². The van der Waals surface area contributed by atoms with E-state index < -0.39 is 0 Å². The van der Waals surface area contributed by atoms with E-state index in [0.717, 1.165) is 5.82 Å². The van der Waals surface area contributed by atoms with Crippen molar-refractivity contribution in [2.75, 3.05) is 0 Å². The molecule has 0 aromatic carbocycles. The summed E-state index contributed by atoms with van der Waals surface area (Å²) in [7, 11) is 1.99. The number of pyridine rings is 1. The monoisotopic (exact) mass is 195 g/mol. The van der Waals surface area contributed by atoms with Crippen molar-refractivity contribution < 1.29 is 17.0 Å². The summed E-state index contributed by atoms with van der Waals surface area (Å²) >= 11 is 0. The highest BCUT2D eigenvalue weighted by Crippen LogP contribution is 1.99. The van der Waals surface area contributed by atoms with E-state index in [4.69, 9.17) is 0 Å². The van der Waals surface area contributed by atoms with Crippen LogP contribution >= 0.6 is 0 Å². The van der Waals surface area contributed by atoms with E-state index in [0.29, 0.717) is 0 Å². The smallest absolute Gasteiger partial charge is 0.250 e. The van der Waals surface area contributed by atoms with Gasteiger partial charge in [0.05, 0.1) is 7.05 Å². The molecule has 0 saturated carbocycles. The minimum absolute atomic E-state index is 0. The molecule has 0 atom stereocenters. The summed E-state index contributed by atoms with van der Waals surface area (Å²) in [6.07, 6.45) is 7.72. The van der Waals surface area contributed by atoms with Gasteiger partial charge in [0.1, 0.15) is 12.4 Å². The third-order valence-electron chi connectivity index (χ3n) is 1.68. The molecule has 0 saturated heterocycles. The lowest BCUT2D eigenvalue weighted by Crippen LogP contribution is -3.00. The van der Waals surface area contributed by atoms with Crippen LogP contribution in [-0.4, -0.2) is 9.55 Å². The number of aromatic nitrogens is 3. The molecular formula is C9H10ClN3. The Morgan fingerprint density at radius 1 is 1.38 bits per heavy atom. The van der Waals surface area contributed by atoms with Crippen molar-refractivity contribution in [1.82, 2.24) is 9.55 Å². The molecular weight excluding hydrogens is 186 g/mol. The van der Waals surface area contributed by atoms with Gasteiger partial charge >= 0.3 is 0 Å². The van der Waals surface area contributed by atoms with Gasteiger partial charge in [-0.05, 0) is 6.07 Å². The standard InChI is InChI=1S/C9H10N3.ClH/c1-11-6-7-12(8-11)9-4-2-3-5-10-9;/h2-8H,1H3;1H/q+1;/p-1. The van der Waals surface area contributed by atoms with E-state index in [1.807, 2.05) is 53.1 Å². The third-order valence-corrected chi connectivity index (χ3v) is 1.68. The van der Waals surface area contributed by atoms with Gasteiger partial charge in [0.15, 0.2) is 0 Å². The van der Waals surface area contributed by atoms with Gasteiger partial charge in [-0.15, -0.1) is 0 Å². The Hall–Kier alpha value is -1.35. The van der Waals surface area contributed by atoms with E-state index in [9.17, 15) is 0 Å². The second-order valence-electron chi connectivity index (χ2n) is 2.67. The number of nitrogens with zero attached hydrogens (tertiary/aromatic N) is 3. The van der Waals surface area contributed by atoms with Crippen molar-refractivity contribution in [3.05, 3.63) is 43.1 Å². The van der Waals surface area contributed by atoms with Crippen LogP contribution < -0.4 is 17.0 Å². The van der Waals surface area contributed by atoms with Crippen molar-refractivity contribution in [2.24, 2.45) is 7.05 Å². The van der Waals surface area contributed by atoms with Crippen LogP contribution in [0.25, 0.3) is 5.82 Å². The van der Waals surface area contributed by atoms with Gasteiger partial charge in [-0.25, -0.2) is 9.55 Å². The fourth-order valence-corrected chi connectivity index (χ4v) is 1.09. The van der Waals surface area contributed by atoms with E-state index >= 15 is 0 Å². The predicted molar refractivity (Wildman–Crippen MR) is 44.7 cm³/mol. The first-order chi connectivity index (χ1) is 5.86. The molecule has 0 amide bonds. The number of aryl methyl sites for hydroxylation is 1. The van der Waals surface area contributed by atoms with Gasteiger partial charge in [0, 0.05) is 12.3 Å². The lowest BCUT2D eigenvalue weighted by Gasteiger charge is -1.90. The maximum Gasteiger partial charge on any atom is 0.250 e. The molecule has 0 spiro atoms. The van der Waals surface area contributed by atoms with Crippen LogP contribution in [0.4, 0.5) is 0 Å². The second kappa shape index (κ2) is 4.05. The number of rotatable bonds is 1. The summed E-state index contributed by atoms with van der Waals surface area (Å²) in [5.74, 6) is 0.943. The highest BCUT2D eigenvalue weighted by atomic mass is 35.5.